The monoisotopic (exact) mass is 158 g/mol. The second-order valence-corrected chi connectivity index (χ2v) is 3.15. The number of carbonyl (C=O) groups excluding carboxylic acids is 1. The highest BCUT2D eigenvalue weighted by Crippen LogP contribution is 2.13. The molecule has 0 amide bonds. The number of ketones is 1. The zero-order valence-electron chi connectivity index (χ0n) is 5.85. The predicted molar refractivity (Wildman–Crippen MR) is 42.3 cm³/mol. The Morgan fingerprint density at radius 1 is 1.50 bits per heavy atom. The summed E-state index contributed by atoms with van der Waals surface area (Å²) in [4.78, 5) is 10.8. The molecular formula is C8H11ClO. The zero-order valence-corrected chi connectivity index (χ0v) is 6.60. The molecule has 1 rings (SSSR count). The molecule has 10 heavy (non-hydrogen) atoms. The standard InChI is InChI=1S/C8H11ClO/c9-7-3-1-2-4-8(10)6-5-7/h5-7H,1-4H2/b6-5-/t7-/m0/s1. The van der Waals surface area contributed by atoms with Crippen molar-refractivity contribution < 1.29 is 4.79 Å². The first kappa shape index (κ1) is 7.80. The van der Waals surface area contributed by atoms with Crippen molar-refractivity contribution >= 4 is 17.4 Å². The number of alkyl halides is 1. The molecular weight excluding hydrogens is 148 g/mol. The highest BCUT2D eigenvalue weighted by molar-refractivity contribution is 6.22. The summed E-state index contributed by atoms with van der Waals surface area (Å²) in [6, 6.07) is 0. The van der Waals surface area contributed by atoms with Crippen LogP contribution in [0, 0.1) is 0 Å². The predicted octanol–water partition coefficient (Wildman–Crippen LogP) is 2.29. The maximum Gasteiger partial charge on any atom is 0.155 e. The van der Waals surface area contributed by atoms with E-state index in [1.165, 1.54) is 0 Å². The van der Waals surface area contributed by atoms with Crippen molar-refractivity contribution in [3.05, 3.63) is 12.2 Å². The minimum Gasteiger partial charge on any atom is -0.295 e. The normalized spacial score (nSPS) is 30.9. The maximum absolute atomic E-state index is 10.8. The molecule has 0 aromatic heterocycles. The molecule has 0 radical (unpaired) electrons. The third-order valence-electron chi connectivity index (χ3n) is 1.64. The van der Waals surface area contributed by atoms with E-state index in [4.69, 9.17) is 11.6 Å². The number of halogens is 1. The number of carbonyl (C=O) groups is 1. The van der Waals surface area contributed by atoms with Crippen molar-refractivity contribution in [1.82, 2.24) is 0 Å². The fourth-order valence-corrected chi connectivity index (χ4v) is 1.26. The molecule has 0 saturated carbocycles. The molecule has 56 valence electrons. The summed E-state index contributed by atoms with van der Waals surface area (Å²) in [5, 5.41) is 0.0734. The van der Waals surface area contributed by atoms with Gasteiger partial charge in [-0.3, -0.25) is 4.79 Å². The van der Waals surface area contributed by atoms with Crippen LogP contribution >= 0.6 is 11.6 Å². The lowest BCUT2D eigenvalue weighted by Gasteiger charge is -2.05. The smallest absolute Gasteiger partial charge is 0.155 e. The van der Waals surface area contributed by atoms with Crippen LogP contribution in [0.3, 0.4) is 0 Å². The van der Waals surface area contributed by atoms with Gasteiger partial charge in [-0.2, -0.15) is 0 Å². The molecule has 1 nitrogen and oxygen atoms in total. The first-order chi connectivity index (χ1) is 4.79. The van der Waals surface area contributed by atoms with Crippen LogP contribution in [0.2, 0.25) is 0 Å². The number of hydrogen-bond acceptors (Lipinski definition) is 1. The fraction of sp³-hybridized carbons (Fsp3) is 0.625. The van der Waals surface area contributed by atoms with E-state index in [-0.39, 0.29) is 11.2 Å². The molecule has 1 atom stereocenters. The van der Waals surface area contributed by atoms with Gasteiger partial charge in [0.2, 0.25) is 0 Å². The van der Waals surface area contributed by atoms with E-state index in [9.17, 15) is 4.79 Å². The second-order valence-electron chi connectivity index (χ2n) is 2.59. The van der Waals surface area contributed by atoms with Crippen molar-refractivity contribution in [2.75, 3.05) is 0 Å². The van der Waals surface area contributed by atoms with Crippen molar-refractivity contribution in [3.63, 3.8) is 0 Å². The quantitative estimate of drug-likeness (QED) is 0.495. The highest BCUT2D eigenvalue weighted by atomic mass is 35.5. The van der Waals surface area contributed by atoms with Gasteiger partial charge in [0.25, 0.3) is 0 Å². The summed E-state index contributed by atoms with van der Waals surface area (Å²) in [6.07, 6.45) is 7.17. The van der Waals surface area contributed by atoms with Crippen LogP contribution in [-0.2, 0) is 4.79 Å². The van der Waals surface area contributed by atoms with Gasteiger partial charge in [0.05, 0.1) is 5.38 Å². The van der Waals surface area contributed by atoms with Crippen molar-refractivity contribution in [1.29, 1.82) is 0 Å². The van der Waals surface area contributed by atoms with E-state index in [2.05, 4.69) is 0 Å². The molecule has 0 N–H and O–H groups in total. The SMILES string of the molecule is O=C1/C=C\[C@@H](Cl)CCCC1. The van der Waals surface area contributed by atoms with Crippen LogP contribution in [0.15, 0.2) is 12.2 Å². The summed E-state index contributed by atoms with van der Waals surface area (Å²) >= 11 is 5.82. The van der Waals surface area contributed by atoms with Crippen molar-refractivity contribution in [3.8, 4) is 0 Å². The van der Waals surface area contributed by atoms with E-state index in [1.807, 2.05) is 0 Å². The third-order valence-corrected chi connectivity index (χ3v) is 2.01. The second kappa shape index (κ2) is 3.77. The molecule has 0 spiro atoms. The topological polar surface area (TPSA) is 17.1 Å². The largest absolute Gasteiger partial charge is 0.295 e. The van der Waals surface area contributed by atoms with Gasteiger partial charge in [0.15, 0.2) is 5.78 Å². The van der Waals surface area contributed by atoms with Crippen LogP contribution in [0.4, 0.5) is 0 Å². The van der Waals surface area contributed by atoms with Gasteiger partial charge in [-0.15, -0.1) is 11.6 Å². The van der Waals surface area contributed by atoms with Crippen molar-refractivity contribution in [2.45, 2.75) is 31.1 Å². The molecule has 0 saturated heterocycles. The first-order valence-electron chi connectivity index (χ1n) is 3.64. The van der Waals surface area contributed by atoms with E-state index in [0.29, 0.717) is 6.42 Å². The van der Waals surface area contributed by atoms with Gasteiger partial charge in [-0.05, 0) is 18.9 Å². The minimum absolute atomic E-state index is 0.0734. The first-order valence-corrected chi connectivity index (χ1v) is 4.08. The lowest BCUT2D eigenvalue weighted by atomic mass is 10.1. The molecule has 0 fully saturated rings. The van der Waals surface area contributed by atoms with E-state index in [0.717, 1.165) is 19.3 Å². The van der Waals surface area contributed by atoms with Gasteiger partial charge in [-0.1, -0.05) is 12.5 Å². The minimum atomic E-state index is 0.0734. The molecule has 0 unspecified atom stereocenters. The molecule has 0 aromatic carbocycles. The van der Waals surface area contributed by atoms with Crippen LogP contribution in [-0.4, -0.2) is 11.2 Å². The molecule has 1 aliphatic carbocycles. The van der Waals surface area contributed by atoms with Gasteiger partial charge in [-0.25, -0.2) is 0 Å². The van der Waals surface area contributed by atoms with Crippen LogP contribution in [0.25, 0.3) is 0 Å². The molecule has 0 heterocycles. The summed E-state index contributed by atoms with van der Waals surface area (Å²) in [7, 11) is 0. The zero-order chi connectivity index (χ0) is 7.40. The molecule has 0 aromatic rings. The third kappa shape index (κ3) is 2.53. The molecule has 0 bridgehead atoms. The van der Waals surface area contributed by atoms with E-state index in [1.54, 1.807) is 12.2 Å². The molecule has 1 aliphatic rings. The summed E-state index contributed by atoms with van der Waals surface area (Å²) in [5.41, 5.74) is 0. The van der Waals surface area contributed by atoms with Crippen LogP contribution < -0.4 is 0 Å². The Morgan fingerprint density at radius 3 is 3.10 bits per heavy atom. The molecule has 2 heteroatoms. The van der Waals surface area contributed by atoms with Gasteiger partial charge in [0, 0.05) is 6.42 Å². The Balaban J connectivity index is 2.50. The Bertz CT molecular complexity index is 151. The fourth-order valence-electron chi connectivity index (χ4n) is 1.03. The Labute approximate surface area is 66.1 Å². The summed E-state index contributed by atoms with van der Waals surface area (Å²) < 4.78 is 0. The van der Waals surface area contributed by atoms with E-state index < -0.39 is 0 Å². The summed E-state index contributed by atoms with van der Waals surface area (Å²) in [5.74, 6) is 0.213. The average Bonchev–Trinajstić information content (AvgIpc) is 1.90. The number of allylic oxidation sites excluding steroid dienone is 2. The summed E-state index contributed by atoms with van der Waals surface area (Å²) in [6.45, 7) is 0. The lowest BCUT2D eigenvalue weighted by Crippen LogP contribution is -2.01. The Morgan fingerprint density at radius 2 is 2.30 bits per heavy atom. The number of rotatable bonds is 0. The lowest BCUT2D eigenvalue weighted by molar-refractivity contribution is -0.114. The number of hydrogen-bond donors (Lipinski definition) is 0. The molecule has 0 aliphatic heterocycles. The Hall–Kier alpha value is -0.300. The van der Waals surface area contributed by atoms with Crippen LogP contribution in [0.1, 0.15) is 25.7 Å². The van der Waals surface area contributed by atoms with Gasteiger partial charge >= 0.3 is 0 Å². The Kier molecular flexibility index (Phi) is 2.94. The van der Waals surface area contributed by atoms with Gasteiger partial charge < -0.3 is 0 Å². The average molecular weight is 159 g/mol. The maximum atomic E-state index is 10.8. The van der Waals surface area contributed by atoms with Gasteiger partial charge in [0.1, 0.15) is 0 Å². The highest BCUT2D eigenvalue weighted by Gasteiger charge is 2.05. The van der Waals surface area contributed by atoms with Crippen LogP contribution in [0.5, 0.6) is 0 Å². The van der Waals surface area contributed by atoms with Crippen molar-refractivity contribution in [2.24, 2.45) is 0 Å². The van der Waals surface area contributed by atoms with E-state index >= 15 is 0 Å².